The van der Waals surface area contributed by atoms with Crippen molar-refractivity contribution in [2.75, 3.05) is 13.1 Å². The van der Waals surface area contributed by atoms with Crippen LogP contribution in [0, 0.1) is 0 Å². The van der Waals surface area contributed by atoms with Gasteiger partial charge in [-0.1, -0.05) is 30.5 Å². The molecule has 1 aliphatic carbocycles. The van der Waals surface area contributed by atoms with Crippen molar-refractivity contribution in [2.45, 2.75) is 36.6 Å². The minimum atomic E-state index is -3.57. The van der Waals surface area contributed by atoms with Crippen LogP contribution < -0.4 is 15.8 Å². The Balaban J connectivity index is 1.79. The molecule has 8 heteroatoms. The Labute approximate surface area is 136 Å². The van der Waals surface area contributed by atoms with Crippen molar-refractivity contribution in [3.63, 3.8) is 0 Å². The van der Waals surface area contributed by atoms with Crippen molar-refractivity contribution < 1.29 is 8.42 Å². The monoisotopic (exact) mass is 344 g/mol. The third-order valence-corrected chi connectivity index (χ3v) is 5.19. The zero-order chi connectivity index (χ0) is 16.0. The summed E-state index contributed by atoms with van der Waals surface area (Å²) in [5.74, 6) is 0.369. The summed E-state index contributed by atoms with van der Waals surface area (Å²) in [6, 6.07) is 6.52. The third kappa shape index (κ3) is 5.15. The van der Waals surface area contributed by atoms with Crippen molar-refractivity contribution in [3.8, 4) is 0 Å². The Morgan fingerprint density at radius 3 is 2.77 bits per heavy atom. The van der Waals surface area contributed by atoms with Gasteiger partial charge in [0.25, 0.3) is 0 Å². The van der Waals surface area contributed by atoms with Gasteiger partial charge in [0.15, 0.2) is 5.96 Å². The van der Waals surface area contributed by atoms with Crippen molar-refractivity contribution >= 4 is 27.6 Å². The molecule has 1 aromatic carbocycles. The van der Waals surface area contributed by atoms with Gasteiger partial charge in [-0.25, -0.2) is 13.1 Å². The molecular weight excluding hydrogens is 324 g/mol. The normalized spacial score (nSPS) is 16.9. The average Bonchev–Trinajstić information content (AvgIpc) is 2.96. The van der Waals surface area contributed by atoms with Gasteiger partial charge in [0.1, 0.15) is 0 Å². The lowest BCUT2D eigenvalue weighted by Crippen LogP contribution is -2.39. The highest BCUT2D eigenvalue weighted by atomic mass is 35.5. The Hall–Kier alpha value is -1.31. The lowest BCUT2D eigenvalue weighted by atomic mass is 10.2. The molecule has 0 spiro atoms. The second-order valence-corrected chi connectivity index (χ2v) is 7.45. The molecule has 0 heterocycles. The van der Waals surface area contributed by atoms with Gasteiger partial charge >= 0.3 is 0 Å². The number of halogens is 1. The van der Waals surface area contributed by atoms with E-state index in [4.69, 9.17) is 17.3 Å². The highest BCUT2D eigenvalue weighted by Crippen LogP contribution is 2.17. The van der Waals surface area contributed by atoms with Gasteiger partial charge in [-0.3, -0.25) is 4.99 Å². The Morgan fingerprint density at radius 2 is 2.09 bits per heavy atom. The van der Waals surface area contributed by atoms with Gasteiger partial charge in [-0.2, -0.15) is 0 Å². The second kappa shape index (κ2) is 7.80. The van der Waals surface area contributed by atoms with Crippen LogP contribution in [-0.2, 0) is 10.0 Å². The van der Waals surface area contributed by atoms with Gasteiger partial charge in [-0.15, -0.1) is 0 Å². The second-order valence-electron chi connectivity index (χ2n) is 5.25. The third-order valence-electron chi connectivity index (χ3n) is 3.50. The summed E-state index contributed by atoms with van der Waals surface area (Å²) in [5, 5.41) is 3.53. The Bertz CT molecular complexity index is 627. The zero-order valence-electron chi connectivity index (χ0n) is 12.3. The molecule has 6 nitrogen and oxygen atoms in total. The molecule has 22 heavy (non-hydrogen) atoms. The van der Waals surface area contributed by atoms with Crippen molar-refractivity contribution in [3.05, 3.63) is 29.3 Å². The molecule has 2 rings (SSSR count). The summed E-state index contributed by atoms with van der Waals surface area (Å²) < 4.78 is 26.6. The molecule has 1 saturated carbocycles. The molecule has 1 fully saturated rings. The van der Waals surface area contributed by atoms with Crippen LogP contribution >= 0.6 is 11.6 Å². The van der Waals surface area contributed by atoms with Gasteiger partial charge in [0.2, 0.25) is 10.0 Å². The first-order valence-corrected chi connectivity index (χ1v) is 9.15. The van der Waals surface area contributed by atoms with Crippen molar-refractivity contribution in [1.29, 1.82) is 0 Å². The van der Waals surface area contributed by atoms with Crippen LogP contribution in [0.15, 0.2) is 34.2 Å². The van der Waals surface area contributed by atoms with E-state index in [0.29, 0.717) is 17.0 Å². The van der Waals surface area contributed by atoms with Crippen LogP contribution in [0.4, 0.5) is 0 Å². The highest BCUT2D eigenvalue weighted by molar-refractivity contribution is 7.89. The van der Waals surface area contributed by atoms with Crippen LogP contribution in [0.25, 0.3) is 0 Å². The summed E-state index contributed by atoms with van der Waals surface area (Å²) in [5.41, 5.74) is 5.78. The number of nitrogens with zero attached hydrogens (tertiary/aromatic N) is 1. The quantitative estimate of drug-likeness (QED) is 0.413. The fraction of sp³-hybridized carbons (Fsp3) is 0.500. The largest absolute Gasteiger partial charge is 0.370 e. The molecule has 0 unspecified atom stereocenters. The lowest BCUT2D eigenvalue weighted by molar-refractivity contribution is 0.582. The van der Waals surface area contributed by atoms with Crippen molar-refractivity contribution in [2.24, 2.45) is 10.7 Å². The SMILES string of the molecule is NC(=NCCNS(=O)(=O)c1cccc(Cl)c1)NC1CCCC1. The standard InChI is InChI=1S/C14H21ClN4O2S/c15-11-4-3-7-13(10-11)22(20,21)18-9-8-17-14(16)19-12-5-1-2-6-12/h3-4,7,10,12,18H,1-2,5-6,8-9H2,(H3,16,17,19). The molecule has 1 aromatic rings. The minimum absolute atomic E-state index is 0.140. The average molecular weight is 345 g/mol. The number of nitrogens with one attached hydrogen (secondary N) is 2. The van der Waals surface area contributed by atoms with E-state index in [0.717, 1.165) is 12.8 Å². The number of guanidine groups is 1. The Kier molecular flexibility index (Phi) is 6.05. The molecule has 0 atom stereocenters. The Morgan fingerprint density at radius 1 is 1.36 bits per heavy atom. The van der Waals surface area contributed by atoms with Gasteiger partial charge in [0, 0.05) is 17.6 Å². The maximum Gasteiger partial charge on any atom is 0.240 e. The molecule has 122 valence electrons. The maximum atomic E-state index is 12.0. The van der Waals surface area contributed by atoms with Crippen molar-refractivity contribution in [1.82, 2.24) is 10.0 Å². The predicted octanol–water partition coefficient (Wildman–Crippen LogP) is 1.47. The number of nitrogens with two attached hydrogens (primary N) is 1. The van der Waals surface area contributed by atoms with E-state index in [1.54, 1.807) is 12.1 Å². The molecule has 0 amide bonds. The molecule has 0 radical (unpaired) electrons. The first-order valence-electron chi connectivity index (χ1n) is 7.29. The molecule has 0 bridgehead atoms. The van der Waals surface area contributed by atoms with E-state index < -0.39 is 10.0 Å². The van der Waals surface area contributed by atoms with Gasteiger partial charge < -0.3 is 11.1 Å². The van der Waals surface area contributed by atoms with E-state index in [1.807, 2.05) is 0 Å². The maximum absolute atomic E-state index is 12.0. The number of aliphatic imine (C=N–C) groups is 1. The van der Waals surface area contributed by atoms with E-state index in [-0.39, 0.29) is 18.0 Å². The molecule has 0 aromatic heterocycles. The zero-order valence-corrected chi connectivity index (χ0v) is 13.8. The molecule has 1 aliphatic rings. The molecule has 4 N–H and O–H groups in total. The van der Waals surface area contributed by atoms with Gasteiger partial charge in [-0.05, 0) is 31.0 Å². The summed E-state index contributed by atoms with van der Waals surface area (Å²) in [6.45, 7) is 0.466. The summed E-state index contributed by atoms with van der Waals surface area (Å²) >= 11 is 5.80. The first kappa shape index (κ1) is 17.1. The van der Waals surface area contributed by atoms with Crippen LogP contribution in [-0.4, -0.2) is 33.5 Å². The van der Waals surface area contributed by atoms with E-state index >= 15 is 0 Å². The van der Waals surface area contributed by atoms with Crippen LogP contribution in [0.1, 0.15) is 25.7 Å². The summed E-state index contributed by atoms with van der Waals surface area (Å²) in [7, 11) is -3.57. The lowest BCUT2D eigenvalue weighted by Gasteiger charge is -2.12. The highest BCUT2D eigenvalue weighted by Gasteiger charge is 2.15. The van der Waals surface area contributed by atoms with Crippen LogP contribution in [0.2, 0.25) is 5.02 Å². The van der Waals surface area contributed by atoms with E-state index in [1.165, 1.54) is 25.0 Å². The van der Waals surface area contributed by atoms with Gasteiger partial charge in [0.05, 0.1) is 11.4 Å². The molecule has 0 aliphatic heterocycles. The number of benzene rings is 1. The number of rotatable bonds is 6. The number of hydrogen-bond donors (Lipinski definition) is 3. The molecule has 0 saturated heterocycles. The number of sulfonamides is 1. The summed E-state index contributed by atoms with van der Waals surface area (Å²) in [6.07, 6.45) is 4.64. The fourth-order valence-electron chi connectivity index (χ4n) is 2.40. The van der Waals surface area contributed by atoms with Crippen LogP contribution in [0.5, 0.6) is 0 Å². The smallest absolute Gasteiger partial charge is 0.240 e. The molecular formula is C14H21ClN4O2S. The number of hydrogen-bond acceptors (Lipinski definition) is 3. The summed E-state index contributed by atoms with van der Waals surface area (Å²) in [4.78, 5) is 4.27. The van der Waals surface area contributed by atoms with Crippen LogP contribution in [0.3, 0.4) is 0 Å². The topological polar surface area (TPSA) is 96.6 Å². The predicted molar refractivity (Wildman–Crippen MR) is 88.5 cm³/mol. The van der Waals surface area contributed by atoms with E-state index in [9.17, 15) is 8.42 Å². The first-order chi connectivity index (χ1) is 10.5. The minimum Gasteiger partial charge on any atom is -0.370 e. The fourth-order valence-corrected chi connectivity index (χ4v) is 3.72. The van der Waals surface area contributed by atoms with E-state index in [2.05, 4.69) is 15.0 Å².